The van der Waals surface area contributed by atoms with E-state index in [1.165, 1.54) is 23.1 Å². The van der Waals surface area contributed by atoms with Gasteiger partial charge in [0.15, 0.2) is 4.34 Å². The number of carbonyl (C=O) groups is 1. The summed E-state index contributed by atoms with van der Waals surface area (Å²) < 4.78 is 0.776. The molecular weight excluding hydrogens is 326 g/mol. The van der Waals surface area contributed by atoms with Crippen molar-refractivity contribution in [2.24, 2.45) is 0 Å². The lowest BCUT2D eigenvalue weighted by Gasteiger charge is -2.15. The quantitative estimate of drug-likeness (QED) is 0.702. The van der Waals surface area contributed by atoms with Gasteiger partial charge >= 0.3 is 0 Å². The fourth-order valence-corrected chi connectivity index (χ4v) is 3.73. The predicted octanol–water partition coefficient (Wildman–Crippen LogP) is 4.32. The summed E-state index contributed by atoms with van der Waals surface area (Å²) in [7, 11) is 0. The zero-order valence-electron chi connectivity index (χ0n) is 12.5. The van der Waals surface area contributed by atoms with Crippen LogP contribution in [0.1, 0.15) is 16.4 Å². The van der Waals surface area contributed by atoms with Gasteiger partial charge in [-0.05, 0) is 24.6 Å². The number of rotatable bonds is 5. The molecule has 1 atom stereocenters. The Balaban J connectivity index is 1.82. The van der Waals surface area contributed by atoms with Crippen molar-refractivity contribution in [2.45, 2.75) is 16.5 Å². The van der Waals surface area contributed by atoms with E-state index in [9.17, 15) is 4.79 Å². The van der Waals surface area contributed by atoms with Crippen molar-refractivity contribution in [1.82, 2.24) is 10.2 Å². The van der Waals surface area contributed by atoms with Crippen molar-refractivity contribution in [2.75, 3.05) is 5.32 Å². The lowest BCUT2D eigenvalue weighted by Crippen LogP contribution is -2.19. The molecule has 0 aliphatic carbocycles. The Kier molecular flexibility index (Phi) is 5.05. The number of nitrogens with zero attached hydrogens (tertiary/aromatic N) is 2. The van der Waals surface area contributed by atoms with Crippen LogP contribution in [0.25, 0.3) is 0 Å². The molecule has 0 aliphatic heterocycles. The predicted molar refractivity (Wildman–Crippen MR) is 94.8 cm³/mol. The zero-order chi connectivity index (χ0) is 16.1. The molecule has 2 aromatic carbocycles. The van der Waals surface area contributed by atoms with Gasteiger partial charge in [-0.15, -0.1) is 10.2 Å². The van der Waals surface area contributed by atoms with E-state index in [1.807, 2.05) is 61.5 Å². The molecule has 116 valence electrons. The first kappa shape index (κ1) is 15.7. The van der Waals surface area contributed by atoms with Crippen LogP contribution in [0.4, 0.5) is 5.69 Å². The van der Waals surface area contributed by atoms with Gasteiger partial charge in [-0.1, -0.05) is 71.1 Å². The van der Waals surface area contributed by atoms with Crippen molar-refractivity contribution in [3.05, 3.63) is 71.2 Å². The maximum Gasteiger partial charge on any atom is 0.242 e. The minimum atomic E-state index is -0.370. The number of nitrogens with one attached hydrogen (secondary N) is 1. The van der Waals surface area contributed by atoms with Crippen molar-refractivity contribution >= 4 is 34.7 Å². The second-order valence-corrected chi connectivity index (χ2v) is 7.15. The van der Waals surface area contributed by atoms with E-state index >= 15 is 0 Å². The van der Waals surface area contributed by atoms with Crippen LogP contribution in [-0.4, -0.2) is 16.1 Å². The Labute approximate surface area is 143 Å². The molecule has 1 heterocycles. The van der Waals surface area contributed by atoms with Gasteiger partial charge in [-0.25, -0.2) is 0 Å². The molecule has 1 N–H and O–H groups in total. The number of aryl methyl sites for hydroxylation is 1. The first-order chi connectivity index (χ1) is 11.2. The first-order valence-corrected chi connectivity index (χ1v) is 8.83. The van der Waals surface area contributed by atoms with Crippen molar-refractivity contribution in [1.29, 1.82) is 0 Å². The average Bonchev–Trinajstić information content (AvgIpc) is 3.09. The molecule has 3 rings (SSSR count). The van der Waals surface area contributed by atoms with Gasteiger partial charge in [0, 0.05) is 5.69 Å². The number of hydrogen-bond acceptors (Lipinski definition) is 5. The van der Waals surface area contributed by atoms with Gasteiger partial charge in [0.25, 0.3) is 0 Å². The highest BCUT2D eigenvalue weighted by Crippen LogP contribution is 2.36. The maximum atomic E-state index is 12.7. The van der Waals surface area contributed by atoms with Crippen LogP contribution in [-0.2, 0) is 4.79 Å². The Bertz CT molecular complexity index is 758. The van der Waals surface area contributed by atoms with Crippen LogP contribution >= 0.6 is 23.1 Å². The summed E-state index contributed by atoms with van der Waals surface area (Å²) in [4.78, 5) is 12.7. The number of carbonyl (C=O) groups excluding carboxylic acids is 1. The molecule has 0 bridgehead atoms. The molecule has 0 aliphatic rings. The fraction of sp³-hybridized carbons (Fsp3) is 0.118. The summed E-state index contributed by atoms with van der Waals surface area (Å²) in [5.74, 6) is -0.0692. The highest BCUT2D eigenvalue weighted by Gasteiger charge is 2.23. The summed E-state index contributed by atoms with van der Waals surface area (Å²) in [6.45, 7) is 2.02. The van der Waals surface area contributed by atoms with Crippen LogP contribution in [0.5, 0.6) is 0 Å². The van der Waals surface area contributed by atoms with E-state index in [1.54, 1.807) is 5.51 Å². The molecule has 0 saturated heterocycles. The number of amides is 1. The Hall–Kier alpha value is -2.18. The van der Waals surface area contributed by atoms with E-state index in [0.29, 0.717) is 0 Å². The van der Waals surface area contributed by atoms with Crippen LogP contribution in [0.3, 0.4) is 0 Å². The van der Waals surface area contributed by atoms with Gasteiger partial charge in [0.05, 0.1) is 0 Å². The Morgan fingerprint density at radius 3 is 2.52 bits per heavy atom. The highest BCUT2D eigenvalue weighted by molar-refractivity contribution is 8.01. The van der Waals surface area contributed by atoms with E-state index in [0.717, 1.165) is 21.2 Å². The molecule has 1 aromatic heterocycles. The summed E-state index contributed by atoms with van der Waals surface area (Å²) in [5.41, 5.74) is 4.56. The lowest BCUT2D eigenvalue weighted by molar-refractivity contribution is -0.115. The van der Waals surface area contributed by atoms with Crippen molar-refractivity contribution in [3.63, 3.8) is 0 Å². The minimum absolute atomic E-state index is 0.0692. The first-order valence-electron chi connectivity index (χ1n) is 7.07. The van der Waals surface area contributed by atoms with Gasteiger partial charge in [0.2, 0.25) is 5.91 Å². The third-order valence-electron chi connectivity index (χ3n) is 3.22. The number of hydrogen-bond donors (Lipinski definition) is 1. The van der Waals surface area contributed by atoms with E-state index in [2.05, 4.69) is 15.5 Å². The Morgan fingerprint density at radius 2 is 1.87 bits per heavy atom. The number of anilines is 1. The molecule has 0 unspecified atom stereocenters. The summed E-state index contributed by atoms with van der Waals surface area (Å²) in [6, 6.07) is 17.5. The normalized spacial score (nSPS) is 11.9. The SMILES string of the molecule is Cc1ccc(NC(=O)[C@@H](Sc2nncs2)c2ccccc2)cc1. The Morgan fingerprint density at radius 1 is 1.13 bits per heavy atom. The van der Waals surface area contributed by atoms with Crippen LogP contribution in [0, 0.1) is 6.92 Å². The molecule has 0 saturated carbocycles. The topological polar surface area (TPSA) is 54.9 Å². The van der Waals surface area contributed by atoms with Crippen LogP contribution in [0.15, 0.2) is 64.4 Å². The molecule has 0 radical (unpaired) electrons. The van der Waals surface area contributed by atoms with Crippen molar-refractivity contribution in [3.8, 4) is 0 Å². The summed E-state index contributed by atoms with van der Waals surface area (Å²) >= 11 is 2.84. The molecule has 23 heavy (non-hydrogen) atoms. The number of benzene rings is 2. The summed E-state index contributed by atoms with van der Waals surface area (Å²) in [6.07, 6.45) is 0. The van der Waals surface area contributed by atoms with Crippen molar-refractivity contribution < 1.29 is 4.79 Å². The maximum absolute atomic E-state index is 12.7. The molecule has 0 fully saturated rings. The second kappa shape index (κ2) is 7.39. The highest BCUT2D eigenvalue weighted by atomic mass is 32.2. The number of thioether (sulfide) groups is 1. The third-order valence-corrected chi connectivity index (χ3v) is 5.28. The largest absolute Gasteiger partial charge is 0.325 e. The summed E-state index contributed by atoms with van der Waals surface area (Å²) in [5, 5.41) is 10.5. The molecule has 1 amide bonds. The third kappa shape index (κ3) is 4.18. The molecule has 0 spiro atoms. The molecule has 3 aromatic rings. The standard InChI is InChI=1S/C17H15N3OS2/c1-12-7-9-14(10-8-12)19-16(21)15(13-5-3-2-4-6-13)23-17-20-18-11-22-17/h2-11,15H,1H3,(H,19,21)/t15-/m0/s1. The lowest BCUT2D eigenvalue weighted by atomic mass is 10.1. The number of aromatic nitrogens is 2. The van der Waals surface area contributed by atoms with E-state index in [4.69, 9.17) is 0 Å². The van der Waals surface area contributed by atoms with Gasteiger partial charge < -0.3 is 5.32 Å². The average molecular weight is 341 g/mol. The van der Waals surface area contributed by atoms with Gasteiger partial charge in [-0.3, -0.25) is 4.79 Å². The van der Waals surface area contributed by atoms with E-state index in [-0.39, 0.29) is 11.2 Å². The second-order valence-electron chi connectivity index (χ2n) is 4.97. The van der Waals surface area contributed by atoms with Crippen LogP contribution < -0.4 is 5.32 Å². The molecular formula is C17H15N3OS2. The van der Waals surface area contributed by atoms with Gasteiger partial charge in [0.1, 0.15) is 10.8 Å². The van der Waals surface area contributed by atoms with E-state index < -0.39 is 0 Å². The minimum Gasteiger partial charge on any atom is -0.325 e. The monoisotopic (exact) mass is 341 g/mol. The van der Waals surface area contributed by atoms with Gasteiger partial charge in [-0.2, -0.15) is 0 Å². The fourth-order valence-electron chi connectivity index (χ4n) is 2.06. The smallest absolute Gasteiger partial charge is 0.242 e. The molecule has 4 nitrogen and oxygen atoms in total. The molecule has 6 heteroatoms. The zero-order valence-corrected chi connectivity index (χ0v) is 14.1. The van der Waals surface area contributed by atoms with Crippen LogP contribution in [0.2, 0.25) is 0 Å².